The second-order valence-electron chi connectivity index (χ2n) is 4.93. The molecule has 17 heavy (non-hydrogen) atoms. The van der Waals surface area contributed by atoms with Crippen LogP contribution < -0.4 is 0 Å². The summed E-state index contributed by atoms with van der Waals surface area (Å²) in [5.41, 5.74) is 2.15. The minimum Gasteiger partial charge on any atom is -0.481 e. The van der Waals surface area contributed by atoms with Crippen LogP contribution in [0.1, 0.15) is 31.5 Å². The Bertz CT molecular complexity index is 569. The van der Waals surface area contributed by atoms with E-state index in [4.69, 9.17) is 9.63 Å². The Morgan fingerprint density at radius 3 is 2.82 bits per heavy atom. The van der Waals surface area contributed by atoms with Crippen molar-refractivity contribution < 1.29 is 14.4 Å². The minimum atomic E-state index is -0.794. The summed E-state index contributed by atoms with van der Waals surface area (Å²) in [6, 6.07) is 5.70. The molecule has 0 aliphatic carbocycles. The molecule has 0 amide bonds. The molecule has 2 rings (SSSR count). The summed E-state index contributed by atoms with van der Waals surface area (Å²) in [7, 11) is 0. The number of hydrogen-bond acceptors (Lipinski definition) is 3. The Kier molecular flexibility index (Phi) is 2.65. The van der Waals surface area contributed by atoms with Gasteiger partial charge in [-0.1, -0.05) is 25.1 Å². The van der Waals surface area contributed by atoms with E-state index in [9.17, 15) is 4.79 Å². The van der Waals surface area contributed by atoms with Gasteiger partial charge in [-0.15, -0.1) is 0 Å². The third-order valence-corrected chi connectivity index (χ3v) is 3.02. The molecule has 0 spiro atoms. The Morgan fingerprint density at radius 1 is 1.47 bits per heavy atom. The number of aliphatic carboxylic acids is 1. The third kappa shape index (κ3) is 2.16. The van der Waals surface area contributed by atoms with Gasteiger partial charge in [-0.05, 0) is 24.6 Å². The van der Waals surface area contributed by atoms with E-state index in [1.807, 2.05) is 39.0 Å². The molecular weight excluding hydrogens is 218 g/mol. The van der Waals surface area contributed by atoms with Crippen molar-refractivity contribution in [2.75, 3.05) is 0 Å². The van der Waals surface area contributed by atoms with Crippen LogP contribution in [-0.2, 0) is 10.2 Å². The van der Waals surface area contributed by atoms with Crippen molar-refractivity contribution in [3.63, 3.8) is 0 Å². The van der Waals surface area contributed by atoms with Gasteiger partial charge in [-0.3, -0.25) is 4.79 Å². The lowest BCUT2D eigenvalue weighted by atomic mass is 9.81. The van der Waals surface area contributed by atoms with Crippen LogP contribution in [0.15, 0.2) is 22.7 Å². The van der Waals surface area contributed by atoms with Gasteiger partial charge in [-0.2, -0.15) is 0 Å². The van der Waals surface area contributed by atoms with Crippen LogP contribution >= 0.6 is 0 Å². The van der Waals surface area contributed by atoms with Gasteiger partial charge in [0.15, 0.2) is 5.58 Å². The molecule has 1 aromatic heterocycles. The molecule has 1 N–H and O–H groups in total. The number of rotatable bonds is 3. The van der Waals surface area contributed by atoms with E-state index in [0.29, 0.717) is 0 Å². The lowest BCUT2D eigenvalue weighted by Gasteiger charge is -2.22. The highest BCUT2D eigenvalue weighted by molar-refractivity contribution is 5.80. The first-order valence-corrected chi connectivity index (χ1v) is 5.48. The number of carbonyl (C=O) groups is 1. The Balaban J connectivity index is 2.48. The molecule has 0 fully saturated rings. The van der Waals surface area contributed by atoms with Gasteiger partial charge in [0.2, 0.25) is 0 Å². The number of aromatic nitrogens is 1. The molecule has 4 heteroatoms. The van der Waals surface area contributed by atoms with Crippen molar-refractivity contribution in [3.05, 3.63) is 29.5 Å². The average molecular weight is 233 g/mol. The van der Waals surface area contributed by atoms with Crippen LogP contribution in [0.2, 0.25) is 0 Å². The Hall–Kier alpha value is -1.84. The quantitative estimate of drug-likeness (QED) is 0.885. The first-order chi connectivity index (χ1) is 7.90. The number of fused-ring (bicyclic) bond motifs is 1. The molecule has 0 saturated carbocycles. The summed E-state index contributed by atoms with van der Waals surface area (Å²) in [5, 5.41) is 13.7. The molecule has 0 radical (unpaired) electrons. The molecule has 0 aliphatic heterocycles. The molecule has 0 bridgehead atoms. The maximum absolute atomic E-state index is 10.8. The number of carboxylic acid groups (broad SMARTS) is 1. The second kappa shape index (κ2) is 3.87. The van der Waals surface area contributed by atoms with Crippen LogP contribution in [-0.4, -0.2) is 16.2 Å². The zero-order valence-electron chi connectivity index (χ0n) is 10.2. The Labute approximate surface area is 99.2 Å². The molecule has 1 heterocycles. The zero-order chi connectivity index (χ0) is 12.6. The standard InChI is InChI=1S/C13H15NO3/c1-8-10-6-9(4-5-11(10)17-14-8)13(2,3)7-12(15)16/h4-6H,7H2,1-3H3,(H,15,16). The third-order valence-electron chi connectivity index (χ3n) is 3.02. The summed E-state index contributed by atoms with van der Waals surface area (Å²) in [5.74, 6) is -0.794. The van der Waals surface area contributed by atoms with Crippen LogP contribution in [0.3, 0.4) is 0 Å². The molecular formula is C13H15NO3. The van der Waals surface area contributed by atoms with Crippen LogP contribution in [0.4, 0.5) is 0 Å². The van der Waals surface area contributed by atoms with Crippen molar-refractivity contribution in [1.82, 2.24) is 5.16 Å². The number of hydrogen-bond donors (Lipinski definition) is 1. The molecule has 0 unspecified atom stereocenters. The Morgan fingerprint density at radius 2 is 2.18 bits per heavy atom. The first-order valence-electron chi connectivity index (χ1n) is 5.48. The maximum atomic E-state index is 10.8. The zero-order valence-corrected chi connectivity index (χ0v) is 10.2. The number of nitrogens with zero attached hydrogens (tertiary/aromatic N) is 1. The van der Waals surface area contributed by atoms with Crippen molar-refractivity contribution in [3.8, 4) is 0 Å². The van der Waals surface area contributed by atoms with Gasteiger partial charge < -0.3 is 9.63 Å². The smallest absolute Gasteiger partial charge is 0.304 e. The predicted octanol–water partition coefficient (Wildman–Crippen LogP) is 2.89. The summed E-state index contributed by atoms with van der Waals surface area (Å²) in [4.78, 5) is 10.8. The summed E-state index contributed by atoms with van der Waals surface area (Å²) in [6.07, 6.45) is 0.100. The lowest BCUT2D eigenvalue weighted by Crippen LogP contribution is -2.21. The van der Waals surface area contributed by atoms with Gasteiger partial charge in [-0.25, -0.2) is 0 Å². The van der Waals surface area contributed by atoms with Crippen molar-refractivity contribution in [2.24, 2.45) is 0 Å². The van der Waals surface area contributed by atoms with E-state index in [0.717, 1.165) is 22.2 Å². The van der Waals surface area contributed by atoms with Crippen molar-refractivity contribution in [2.45, 2.75) is 32.6 Å². The van der Waals surface area contributed by atoms with Crippen molar-refractivity contribution >= 4 is 16.9 Å². The van der Waals surface area contributed by atoms with Gasteiger partial charge in [0.1, 0.15) is 0 Å². The van der Waals surface area contributed by atoms with Crippen molar-refractivity contribution in [1.29, 1.82) is 0 Å². The highest BCUT2D eigenvalue weighted by atomic mass is 16.5. The molecule has 0 aliphatic rings. The van der Waals surface area contributed by atoms with Crippen LogP contribution in [0, 0.1) is 6.92 Å². The number of benzene rings is 1. The normalized spacial score (nSPS) is 11.9. The van der Waals surface area contributed by atoms with E-state index in [1.54, 1.807) is 0 Å². The molecule has 1 aromatic carbocycles. The number of aryl methyl sites for hydroxylation is 1. The van der Waals surface area contributed by atoms with E-state index in [1.165, 1.54) is 0 Å². The van der Waals surface area contributed by atoms with Crippen LogP contribution in [0.25, 0.3) is 11.0 Å². The largest absolute Gasteiger partial charge is 0.481 e. The average Bonchev–Trinajstić information content (AvgIpc) is 2.58. The van der Waals surface area contributed by atoms with Gasteiger partial charge in [0, 0.05) is 10.8 Å². The fraction of sp³-hybridized carbons (Fsp3) is 0.385. The van der Waals surface area contributed by atoms with Gasteiger partial charge in [0.25, 0.3) is 0 Å². The topological polar surface area (TPSA) is 63.3 Å². The second-order valence-corrected chi connectivity index (χ2v) is 4.93. The molecule has 4 nitrogen and oxygen atoms in total. The summed E-state index contributed by atoms with van der Waals surface area (Å²) < 4.78 is 5.13. The summed E-state index contributed by atoms with van der Waals surface area (Å²) >= 11 is 0. The van der Waals surface area contributed by atoms with E-state index in [-0.39, 0.29) is 6.42 Å². The lowest BCUT2D eigenvalue weighted by molar-refractivity contribution is -0.138. The maximum Gasteiger partial charge on any atom is 0.304 e. The molecule has 0 saturated heterocycles. The number of carboxylic acids is 1. The first kappa shape index (κ1) is 11.6. The fourth-order valence-corrected chi connectivity index (χ4v) is 1.96. The van der Waals surface area contributed by atoms with Gasteiger partial charge >= 0.3 is 5.97 Å². The monoisotopic (exact) mass is 233 g/mol. The van der Waals surface area contributed by atoms with E-state index < -0.39 is 11.4 Å². The van der Waals surface area contributed by atoms with E-state index >= 15 is 0 Å². The minimum absolute atomic E-state index is 0.100. The van der Waals surface area contributed by atoms with E-state index in [2.05, 4.69) is 5.16 Å². The summed E-state index contributed by atoms with van der Waals surface area (Å²) in [6.45, 7) is 5.72. The highest BCUT2D eigenvalue weighted by Crippen LogP contribution is 2.30. The predicted molar refractivity (Wildman–Crippen MR) is 64.0 cm³/mol. The molecule has 2 aromatic rings. The molecule has 90 valence electrons. The SMILES string of the molecule is Cc1noc2ccc(C(C)(C)CC(=O)O)cc12. The van der Waals surface area contributed by atoms with Crippen LogP contribution in [0.5, 0.6) is 0 Å². The van der Waals surface area contributed by atoms with Gasteiger partial charge in [0.05, 0.1) is 12.1 Å². The fourth-order valence-electron chi connectivity index (χ4n) is 1.96. The molecule has 0 atom stereocenters. The highest BCUT2D eigenvalue weighted by Gasteiger charge is 2.24.